The highest BCUT2D eigenvalue weighted by atomic mass is 19.1. The molecule has 0 radical (unpaired) electrons. The smallest absolute Gasteiger partial charge is 0.229 e. The van der Waals surface area contributed by atoms with Crippen molar-refractivity contribution in [2.45, 2.75) is 32.7 Å². The Balaban J connectivity index is 1.58. The average molecular weight is 354 g/mol. The van der Waals surface area contributed by atoms with E-state index in [-0.39, 0.29) is 30.0 Å². The largest absolute Gasteiger partial charge is 0.338 e. The van der Waals surface area contributed by atoms with Gasteiger partial charge in [-0.25, -0.2) is 4.39 Å². The number of halogens is 1. The number of hydrogen-bond acceptors (Lipinski definition) is 2. The molecule has 1 heterocycles. The van der Waals surface area contributed by atoms with E-state index in [4.69, 9.17) is 0 Å². The number of nitrogens with one attached hydrogen (secondary N) is 1. The predicted octanol–water partition coefficient (Wildman–Crippen LogP) is 3.94. The third kappa shape index (κ3) is 4.28. The number of benzene rings is 2. The fourth-order valence-corrected chi connectivity index (χ4v) is 3.11. The summed E-state index contributed by atoms with van der Waals surface area (Å²) < 4.78 is 13.0. The molecule has 26 heavy (non-hydrogen) atoms. The Morgan fingerprint density at radius 3 is 2.42 bits per heavy atom. The van der Waals surface area contributed by atoms with E-state index in [0.717, 1.165) is 11.3 Å². The number of carbonyl (C=O) groups excluding carboxylic acids is 2. The lowest BCUT2D eigenvalue weighted by molar-refractivity contribution is -0.128. The summed E-state index contributed by atoms with van der Waals surface area (Å²) in [6, 6.07) is 13.8. The first-order chi connectivity index (χ1) is 12.4. The van der Waals surface area contributed by atoms with E-state index < -0.39 is 0 Å². The molecule has 136 valence electrons. The maximum absolute atomic E-state index is 13.0. The lowest BCUT2D eigenvalue weighted by Crippen LogP contribution is -2.28. The summed E-state index contributed by atoms with van der Waals surface area (Å²) in [6.07, 6.45) is 0.205. The summed E-state index contributed by atoms with van der Waals surface area (Å²) in [6.45, 7) is 5.01. The molecule has 2 aromatic rings. The molecule has 0 saturated carbocycles. The molecule has 0 aromatic heterocycles. The number of rotatable bonds is 5. The highest BCUT2D eigenvalue weighted by Gasteiger charge is 2.34. The third-order valence-corrected chi connectivity index (χ3v) is 4.72. The zero-order chi connectivity index (χ0) is 18.7. The maximum Gasteiger partial charge on any atom is 0.229 e. The minimum absolute atomic E-state index is 0.0513. The van der Waals surface area contributed by atoms with Gasteiger partial charge in [-0.1, -0.05) is 38.1 Å². The van der Waals surface area contributed by atoms with Crippen molar-refractivity contribution in [1.29, 1.82) is 0 Å². The molecule has 1 unspecified atom stereocenters. The van der Waals surface area contributed by atoms with Crippen molar-refractivity contribution in [3.05, 3.63) is 65.5 Å². The van der Waals surface area contributed by atoms with Gasteiger partial charge >= 0.3 is 0 Å². The van der Waals surface area contributed by atoms with E-state index in [1.165, 1.54) is 17.7 Å². The summed E-state index contributed by atoms with van der Waals surface area (Å²) in [7, 11) is 0. The van der Waals surface area contributed by atoms with Gasteiger partial charge in [-0.15, -0.1) is 0 Å². The molecule has 0 aliphatic carbocycles. The van der Waals surface area contributed by atoms with Crippen molar-refractivity contribution >= 4 is 17.5 Å². The van der Waals surface area contributed by atoms with Gasteiger partial charge in [-0.2, -0.15) is 0 Å². The molecule has 2 amide bonds. The Morgan fingerprint density at radius 2 is 1.81 bits per heavy atom. The molecule has 2 aromatic carbocycles. The Kier molecular flexibility index (Phi) is 5.35. The van der Waals surface area contributed by atoms with E-state index in [0.29, 0.717) is 19.0 Å². The van der Waals surface area contributed by atoms with Crippen LogP contribution >= 0.6 is 0 Å². The Bertz CT molecular complexity index is 785. The van der Waals surface area contributed by atoms with Crippen LogP contribution in [0.2, 0.25) is 0 Å². The van der Waals surface area contributed by atoms with Crippen LogP contribution in [0.25, 0.3) is 0 Å². The van der Waals surface area contributed by atoms with Crippen molar-refractivity contribution in [1.82, 2.24) is 4.90 Å². The highest BCUT2D eigenvalue weighted by Crippen LogP contribution is 2.23. The van der Waals surface area contributed by atoms with Crippen LogP contribution < -0.4 is 5.32 Å². The normalized spacial score (nSPS) is 17.0. The Labute approximate surface area is 153 Å². The lowest BCUT2D eigenvalue weighted by atomic mass is 10.0. The van der Waals surface area contributed by atoms with Crippen molar-refractivity contribution in [3.63, 3.8) is 0 Å². The first-order valence-corrected chi connectivity index (χ1v) is 8.85. The fourth-order valence-electron chi connectivity index (χ4n) is 3.11. The van der Waals surface area contributed by atoms with E-state index in [9.17, 15) is 14.0 Å². The van der Waals surface area contributed by atoms with Crippen molar-refractivity contribution in [3.8, 4) is 0 Å². The van der Waals surface area contributed by atoms with E-state index in [1.54, 1.807) is 17.0 Å². The Morgan fingerprint density at radius 1 is 1.15 bits per heavy atom. The van der Waals surface area contributed by atoms with Gasteiger partial charge in [0.05, 0.1) is 5.92 Å². The van der Waals surface area contributed by atoms with Crippen LogP contribution in [0, 0.1) is 11.7 Å². The quantitative estimate of drug-likeness (QED) is 0.884. The summed E-state index contributed by atoms with van der Waals surface area (Å²) >= 11 is 0. The lowest BCUT2D eigenvalue weighted by Gasteiger charge is -2.17. The van der Waals surface area contributed by atoms with E-state index >= 15 is 0 Å². The highest BCUT2D eigenvalue weighted by molar-refractivity contribution is 5.97. The minimum atomic E-state index is -0.368. The number of hydrogen-bond donors (Lipinski definition) is 1. The summed E-state index contributed by atoms with van der Waals surface area (Å²) in [5, 5.41) is 2.90. The van der Waals surface area contributed by atoms with Gasteiger partial charge in [-0.3, -0.25) is 9.59 Å². The zero-order valence-corrected chi connectivity index (χ0v) is 15.0. The van der Waals surface area contributed by atoms with E-state index in [2.05, 4.69) is 19.2 Å². The van der Waals surface area contributed by atoms with Crippen LogP contribution in [0.5, 0.6) is 0 Å². The summed E-state index contributed by atoms with van der Waals surface area (Å²) in [5.74, 6) is -0.427. The molecule has 1 saturated heterocycles. The van der Waals surface area contributed by atoms with Gasteiger partial charge < -0.3 is 10.2 Å². The van der Waals surface area contributed by atoms with Gasteiger partial charge in [0, 0.05) is 25.2 Å². The van der Waals surface area contributed by atoms with Gasteiger partial charge in [0.1, 0.15) is 5.82 Å². The van der Waals surface area contributed by atoms with E-state index in [1.807, 2.05) is 24.3 Å². The summed E-state index contributed by atoms with van der Waals surface area (Å²) in [4.78, 5) is 26.3. The molecular weight excluding hydrogens is 331 g/mol. The van der Waals surface area contributed by atoms with Crippen LogP contribution in [0.15, 0.2) is 48.5 Å². The molecule has 0 bridgehead atoms. The van der Waals surface area contributed by atoms with Crippen LogP contribution in [0.4, 0.5) is 10.1 Å². The standard InChI is InChI=1S/C21H23FN2O2/c1-14(2)16-5-9-19(10-6-16)23-21(26)17-11-20(25)24(13-17)12-15-3-7-18(22)8-4-15/h3-10,14,17H,11-13H2,1-2H3,(H,23,26). The Hall–Kier alpha value is -2.69. The number of anilines is 1. The SMILES string of the molecule is CC(C)c1ccc(NC(=O)C2CC(=O)N(Cc3ccc(F)cc3)C2)cc1. The second kappa shape index (κ2) is 7.68. The molecule has 4 nitrogen and oxygen atoms in total. The maximum atomic E-state index is 13.0. The first-order valence-electron chi connectivity index (χ1n) is 8.85. The first kappa shape index (κ1) is 18.1. The predicted molar refractivity (Wildman–Crippen MR) is 99.1 cm³/mol. The number of nitrogens with zero attached hydrogens (tertiary/aromatic N) is 1. The fraction of sp³-hybridized carbons (Fsp3) is 0.333. The number of likely N-dealkylation sites (tertiary alicyclic amines) is 1. The topological polar surface area (TPSA) is 49.4 Å². The van der Waals surface area contributed by atoms with Crippen LogP contribution in [-0.2, 0) is 16.1 Å². The molecule has 1 N–H and O–H groups in total. The van der Waals surface area contributed by atoms with Crippen molar-refractivity contribution < 1.29 is 14.0 Å². The van der Waals surface area contributed by atoms with Crippen LogP contribution in [0.1, 0.15) is 37.3 Å². The average Bonchev–Trinajstić information content (AvgIpc) is 2.98. The third-order valence-electron chi connectivity index (χ3n) is 4.72. The molecular formula is C21H23FN2O2. The molecule has 1 aliphatic heterocycles. The second-order valence-corrected chi connectivity index (χ2v) is 7.07. The molecule has 1 aliphatic rings. The van der Waals surface area contributed by atoms with Gasteiger partial charge in [-0.05, 0) is 41.3 Å². The molecule has 5 heteroatoms. The summed E-state index contributed by atoms with van der Waals surface area (Å²) in [5.41, 5.74) is 2.80. The molecule has 1 atom stereocenters. The number of carbonyl (C=O) groups is 2. The zero-order valence-electron chi connectivity index (χ0n) is 15.0. The molecule has 0 spiro atoms. The van der Waals surface area contributed by atoms with Gasteiger partial charge in [0.15, 0.2) is 0 Å². The second-order valence-electron chi connectivity index (χ2n) is 7.07. The van der Waals surface area contributed by atoms with Crippen molar-refractivity contribution in [2.24, 2.45) is 5.92 Å². The monoisotopic (exact) mass is 354 g/mol. The minimum Gasteiger partial charge on any atom is -0.338 e. The molecule has 3 rings (SSSR count). The van der Waals surface area contributed by atoms with Crippen LogP contribution in [-0.4, -0.2) is 23.3 Å². The van der Waals surface area contributed by atoms with Crippen LogP contribution in [0.3, 0.4) is 0 Å². The van der Waals surface area contributed by atoms with Gasteiger partial charge in [0.2, 0.25) is 11.8 Å². The number of amides is 2. The van der Waals surface area contributed by atoms with Crippen molar-refractivity contribution in [2.75, 3.05) is 11.9 Å². The molecule has 1 fully saturated rings. The van der Waals surface area contributed by atoms with Gasteiger partial charge in [0.25, 0.3) is 0 Å².